The molecule has 0 amide bonds. The third-order valence-electron chi connectivity index (χ3n) is 3.65. The molecule has 0 spiro atoms. The van der Waals surface area contributed by atoms with Crippen LogP contribution in [0.1, 0.15) is 18.1 Å². The number of fused-ring (bicyclic) bond motifs is 1. The summed E-state index contributed by atoms with van der Waals surface area (Å²) in [6.07, 6.45) is 4.68. The largest absolute Gasteiger partial charge is 0.348 e. The van der Waals surface area contributed by atoms with Gasteiger partial charge in [0.1, 0.15) is 11.6 Å². The molecule has 0 aliphatic heterocycles. The predicted octanol–water partition coefficient (Wildman–Crippen LogP) is 1.66. The maximum Gasteiger partial charge on any atom is 0.123 e. The number of aromatic nitrogens is 4. The maximum atomic E-state index is 4.71. The number of nitrogens with one attached hydrogen (secondary N) is 3. The molecule has 0 aliphatic carbocycles. The van der Waals surface area contributed by atoms with Gasteiger partial charge in [-0.3, -0.25) is 0 Å². The molecule has 116 valence electrons. The number of benzene rings is 1. The molecule has 0 bridgehead atoms. The highest BCUT2D eigenvalue weighted by Crippen LogP contribution is 2.16. The number of para-hydroxylation sites is 2. The highest BCUT2D eigenvalue weighted by atomic mass is 15.1. The lowest BCUT2D eigenvalue weighted by molar-refractivity contribution is 0.561. The van der Waals surface area contributed by atoms with E-state index in [-0.39, 0.29) is 0 Å². The van der Waals surface area contributed by atoms with Crippen molar-refractivity contribution in [1.82, 2.24) is 30.2 Å². The Morgan fingerprint density at radius 1 is 1.23 bits per heavy atom. The minimum absolute atomic E-state index is 0.779. The summed E-state index contributed by atoms with van der Waals surface area (Å²) < 4.78 is 2.31. The lowest BCUT2D eigenvalue weighted by atomic mass is 10.3. The molecule has 0 atom stereocenters. The summed E-state index contributed by atoms with van der Waals surface area (Å²) in [6.45, 7) is 3.48. The van der Waals surface area contributed by atoms with Crippen molar-refractivity contribution in [1.29, 1.82) is 0 Å². The van der Waals surface area contributed by atoms with Gasteiger partial charge in [-0.2, -0.15) is 0 Å². The van der Waals surface area contributed by atoms with Gasteiger partial charge in [-0.05, 0) is 32.1 Å². The van der Waals surface area contributed by atoms with Gasteiger partial charge in [0.15, 0.2) is 0 Å². The van der Waals surface area contributed by atoms with E-state index < -0.39 is 0 Å². The normalized spacial score (nSPS) is 11.3. The summed E-state index contributed by atoms with van der Waals surface area (Å²) in [4.78, 5) is 12.0. The van der Waals surface area contributed by atoms with Crippen molar-refractivity contribution in [3.63, 3.8) is 0 Å². The minimum Gasteiger partial charge on any atom is -0.348 e. The quantitative estimate of drug-likeness (QED) is 0.553. The molecule has 0 fully saturated rings. The van der Waals surface area contributed by atoms with Crippen LogP contribution in [-0.4, -0.2) is 33.1 Å². The molecule has 0 radical (unpaired) electrons. The second kappa shape index (κ2) is 7.20. The number of aromatic amines is 1. The van der Waals surface area contributed by atoms with E-state index in [1.54, 1.807) is 6.20 Å². The molecule has 0 saturated heterocycles. The van der Waals surface area contributed by atoms with Gasteiger partial charge >= 0.3 is 0 Å². The van der Waals surface area contributed by atoms with Crippen molar-refractivity contribution < 1.29 is 0 Å². The van der Waals surface area contributed by atoms with Gasteiger partial charge in [-0.1, -0.05) is 12.1 Å². The van der Waals surface area contributed by atoms with Gasteiger partial charge in [-0.25, -0.2) is 9.97 Å². The van der Waals surface area contributed by atoms with Crippen molar-refractivity contribution in [2.45, 2.75) is 26.1 Å². The first kappa shape index (κ1) is 14.7. The van der Waals surface area contributed by atoms with Crippen LogP contribution in [-0.2, 0) is 19.6 Å². The van der Waals surface area contributed by atoms with E-state index in [0.717, 1.165) is 49.8 Å². The van der Waals surface area contributed by atoms with Gasteiger partial charge < -0.3 is 20.2 Å². The fraction of sp³-hybridized carbons (Fsp3) is 0.375. The highest BCUT2D eigenvalue weighted by Gasteiger charge is 2.08. The van der Waals surface area contributed by atoms with E-state index in [0.29, 0.717) is 0 Å². The van der Waals surface area contributed by atoms with Crippen LogP contribution in [0.4, 0.5) is 0 Å². The minimum atomic E-state index is 0.779. The Hall–Kier alpha value is -2.18. The molecular formula is C16H22N6. The first-order valence-corrected chi connectivity index (χ1v) is 7.66. The number of nitrogens with zero attached hydrogens (tertiary/aromatic N) is 3. The van der Waals surface area contributed by atoms with Gasteiger partial charge in [0, 0.05) is 18.9 Å². The van der Waals surface area contributed by atoms with Crippen LogP contribution in [0.25, 0.3) is 11.0 Å². The fourth-order valence-corrected chi connectivity index (χ4v) is 2.63. The Labute approximate surface area is 130 Å². The predicted molar refractivity (Wildman–Crippen MR) is 87.4 cm³/mol. The second-order valence-corrected chi connectivity index (χ2v) is 5.26. The standard InChI is InChI=1S/C16H22N6/c1-17-12-16-21-13-5-2-3-6-14(13)22(16)10-4-7-18-11-15-19-8-9-20-15/h2-3,5-6,8-9,17-18H,4,7,10-12H2,1H3,(H,19,20). The highest BCUT2D eigenvalue weighted by molar-refractivity contribution is 5.75. The smallest absolute Gasteiger partial charge is 0.123 e. The Bertz CT molecular complexity index is 701. The summed E-state index contributed by atoms with van der Waals surface area (Å²) in [5.41, 5.74) is 2.27. The topological polar surface area (TPSA) is 70.6 Å². The van der Waals surface area contributed by atoms with Crippen LogP contribution in [0.3, 0.4) is 0 Å². The van der Waals surface area contributed by atoms with E-state index in [9.17, 15) is 0 Å². The van der Waals surface area contributed by atoms with Crippen LogP contribution in [0.15, 0.2) is 36.7 Å². The molecule has 2 aromatic heterocycles. The van der Waals surface area contributed by atoms with E-state index in [1.165, 1.54) is 5.52 Å². The van der Waals surface area contributed by atoms with Crippen LogP contribution >= 0.6 is 0 Å². The summed E-state index contributed by atoms with van der Waals surface area (Å²) in [5.74, 6) is 2.07. The molecule has 0 unspecified atom stereocenters. The molecule has 22 heavy (non-hydrogen) atoms. The summed E-state index contributed by atoms with van der Waals surface area (Å²) in [5, 5.41) is 6.60. The van der Waals surface area contributed by atoms with E-state index in [4.69, 9.17) is 4.98 Å². The zero-order chi connectivity index (χ0) is 15.2. The van der Waals surface area contributed by atoms with Gasteiger partial charge in [0.05, 0.1) is 24.1 Å². The number of imidazole rings is 2. The third kappa shape index (κ3) is 3.35. The molecule has 3 aromatic rings. The monoisotopic (exact) mass is 298 g/mol. The molecular weight excluding hydrogens is 276 g/mol. The molecule has 6 heteroatoms. The lowest BCUT2D eigenvalue weighted by Gasteiger charge is -2.09. The summed E-state index contributed by atoms with van der Waals surface area (Å²) >= 11 is 0. The Morgan fingerprint density at radius 3 is 2.95 bits per heavy atom. The number of hydrogen-bond donors (Lipinski definition) is 3. The SMILES string of the molecule is CNCc1nc2ccccc2n1CCCNCc1ncc[nH]1. The van der Waals surface area contributed by atoms with Gasteiger partial charge in [0.25, 0.3) is 0 Å². The molecule has 3 N–H and O–H groups in total. The van der Waals surface area contributed by atoms with Crippen LogP contribution < -0.4 is 10.6 Å². The molecule has 2 heterocycles. The summed E-state index contributed by atoms with van der Waals surface area (Å²) in [6, 6.07) is 8.31. The molecule has 6 nitrogen and oxygen atoms in total. The van der Waals surface area contributed by atoms with Crippen LogP contribution in [0.2, 0.25) is 0 Å². The van der Waals surface area contributed by atoms with Crippen molar-refractivity contribution >= 4 is 11.0 Å². The van der Waals surface area contributed by atoms with E-state index in [1.807, 2.05) is 19.3 Å². The average Bonchev–Trinajstić information content (AvgIpc) is 3.16. The van der Waals surface area contributed by atoms with Crippen LogP contribution in [0, 0.1) is 0 Å². The van der Waals surface area contributed by atoms with E-state index in [2.05, 4.69) is 43.4 Å². The zero-order valence-corrected chi connectivity index (χ0v) is 12.8. The van der Waals surface area contributed by atoms with Crippen molar-refractivity contribution in [3.05, 3.63) is 48.3 Å². The number of H-pyrrole nitrogens is 1. The third-order valence-corrected chi connectivity index (χ3v) is 3.65. The molecule has 0 saturated carbocycles. The Balaban J connectivity index is 1.59. The zero-order valence-electron chi connectivity index (χ0n) is 12.8. The maximum absolute atomic E-state index is 4.71. The van der Waals surface area contributed by atoms with Crippen molar-refractivity contribution in [2.24, 2.45) is 0 Å². The first-order valence-electron chi connectivity index (χ1n) is 7.66. The van der Waals surface area contributed by atoms with Gasteiger partial charge in [0.2, 0.25) is 0 Å². The number of aryl methyl sites for hydroxylation is 1. The fourth-order valence-electron chi connectivity index (χ4n) is 2.63. The Kier molecular flexibility index (Phi) is 4.82. The van der Waals surface area contributed by atoms with Crippen molar-refractivity contribution in [3.8, 4) is 0 Å². The summed E-state index contributed by atoms with van der Waals surface area (Å²) in [7, 11) is 1.95. The van der Waals surface area contributed by atoms with Crippen LogP contribution in [0.5, 0.6) is 0 Å². The first-order chi connectivity index (χ1) is 10.9. The number of hydrogen-bond acceptors (Lipinski definition) is 4. The van der Waals surface area contributed by atoms with Gasteiger partial charge in [-0.15, -0.1) is 0 Å². The number of rotatable bonds is 8. The van der Waals surface area contributed by atoms with Crippen molar-refractivity contribution in [2.75, 3.05) is 13.6 Å². The molecule has 3 rings (SSSR count). The molecule has 0 aliphatic rings. The molecule has 1 aromatic carbocycles. The average molecular weight is 298 g/mol. The second-order valence-electron chi connectivity index (χ2n) is 5.26. The lowest BCUT2D eigenvalue weighted by Crippen LogP contribution is -2.18. The Morgan fingerprint density at radius 2 is 2.14 bits per heavy atom. The van der Waals surface area contributed by atoms with E-state index >= 15 is 0 Å².